The van der Waals surface area contributed by atoms with Crippen LogP contribution in [-0.2, 0) is 6.54 Å². The monoisotopic (exact) mass is 207 g/mol. The van der Waals surface area contributed by atoms with E-state index < -0.39 is 0 Å². The standard InChI is InChI=1S/C13H21NO/c1-4-12(9-15)14-8-13-10(2)6-5-7-11(13)3/h5-7,12,14-15H,4,8-9H2,1-3H3. The van der Waals surface area contributed by atoms with Gasteiger partial charge in [-0.25, -0.2) is 0 Å². The van der Waals surface area contributed by atoms with Crippen molar-refractivity contribution < 1.29 is 5.11 Å². The highest BCUT2D eigenvalue weighted by Gasteiger charge is 2.06. The molecule has 0 amide bonds. The van der Waals surface area contributed by atoms with Crippen molar-refractivity contribution >= 4 is 0 Å². The molecule has 0 bridgehead atoms. The summed E-state index contributed by atoms with van der Waals surface area (Å²) in [6.45, 7) is 7.39. The second-order valence-electron chi connectivity index (χ2n) is 4.04. The molecule has 2 N–H and O–H groups in total. The number of benzene rings is 1. The third kappa shape index (κ3) is 3.33. The molecular weight excluding hydrogens is 186 g/mol. The Balaban J connectivity index is 2.64. The quantitative estimate of drug-likeness (QED) is 0.775. The van der Waals surface area contributed by atoms with Gasteiger partial charge in [0.2, 0.25) is 0 Å². The topological polar surface area (TPSA) is 32.3 Å². The molecule has 1 aromatic carbocycles. The predicted molar refractivity (Wildman–Crippen MR) is 63.9 cm³/mol. The molecule has 0 aliphatic rings. The van der Waals surface area contributed by atoms with E-state index in [4.69, 9.17) is 5.11 Å². The normalized spacial score (nSPS) is 12.8. The number of hydrogen-bond acceptors (Lipinski definition) is 2. The largest absolute Gasteiger partial charge is 0.395 e. The first kappa shape index (κ1) is 12.2. The molecular formula is C13H21NO. The van der Waals surface area contributed by atoms with E-state index in [2.05, 4.69) is 44.3 Å². The molecule has 1 rings (SSSR count). The molecule has 15 heavy (non-hydrogen) atoms. The number of hydrogen-bond donors (Lipinski definition) is 2. The Morgan fingerprint density at radius 1 is 1.27 bits per heavy atom. The first-order chi connectivity index (χ1) is 7.19. The molecule has 0 saturated heterocycles. The van der Waals surface area contributed by atoms with Crippen LogP contribution in [0.4, 0.5) is 0 Å². The number of aliphatic hydroxyl groups is 1. The molecule has 2 nitrogen and oxygen atoms in total. The number of rotatable bonds is 5. The van der Waals surface area contributed by atoms with E-state index in [-0.39, 0.29) is 12.6 Å². The van der Waals surface area contributed by atoms with Gasteiger partial charge in [0.1, 0.15) is 0 Å². The lowest BCUT2D eigenvalue weighted by Crippen LogP contribution is -2.31. The summed E-state index contributed by atoms with van der Waals surface area (Å²) in [5, 5.41) is 12.4. The first-order valence-corrected chi connectivity index (χ1v) is 5.58. The first-order valence-electron chi connectivity index (χ1n) is 5.58. The summed E-state index contributed by atoms with van der Waals surface area (Å²) in [7, 11) is 0. The minimum Gasteiger partial charge on any atom is -0.395 e. The van der Waals surface area contributed by atoms with Crippen LogP contribution >= 0.6 is 0 Å². The van der Waals surface area contributed by atoms with Crippen molar-refractivity contribution in [3.05, 3.63) is 34.9 Å². The zero-order valence-corrected chi connectivity index (χ0v) is 9.88. The van der Waals surface area contributed by atoms with E-state index in [0.29, 0.717) is 0 Å². The fraction of sp³-hybridized carbons (Fsp3) is 0.538. The molecule has 0 aromatic heterocycles. The number of nitrogens with one attached hydrogen (secondary N) is 1. The third-order valence-corrected chi connectivity index (χ3v) is 2.93. The molecule has 0 fully saturated rings. The minimum atomic E-state index is 0.210. The maximum atomic E-state index is 9.08. The van der Waals surface area contributed by atoms with E-state index in [1.54, 1.807) is 0 Å². The molecule has 0 aliphatic heterocycles. The Morgan fingerprint density at radius 2 is 1.87 bits per heavy atom. The maximum Gasteiger partial charge on any atom is 0.0584 e. The summed E-state index contributed by atoms with van der Waals surface area (Å²) in [4.78, 5) is 0. The van der Waals surface area contributed by atoms with Crippen LogP contribution in [0.1, 0.15) is 30.0 Å². The highest BCUT2D eigenvalue weighted by molar-refractivity contribution is 5.33. The molecule has 84 valence electrons. The second-order valence-corrected chi connectivity index (χ2v) is 4.04. The van der Waals surface area contributed by atoms with Gasteiger partial charge in [-0.2, -0.15) is 0 Å². The van der Waals surface area contributed by atoms with E-state index >= 15 is 0 Å². The van der Waals surface area contributed by atoms with Crippen LogP contribution < -0.4 is 5.32 Å². The maximum absolute atomic E-state index is 9.08. The Labute approximate surface area is 92.3 Å². The lowest BCUT2D eigenvalue weighted by Gasteiger charge is -2.16. The van der Waals surface area contributed by atoms with Gasteiger partial charge < -0.3 is 10.4 Å². The van der Waals surface area contributed by atoms with Gasteiger partial charge in [0.05, 0.1) is 6.61 Å². The van der Waals surface area contributed by atoms with E-state index in [1.165, 1.54) is 16.7 Å². The predicted octanol–water partition coefficient (Wildman–Crippen LogP) is 2.16. The summed E-state index contributed by atoms with van der Waals surface area (Å²) in [6.07, 6.45) is 0.960. The van der Waals surface area contributed by atoms with Crippen LogP contribution in [0.2, 0.25) is 0 Å². The van der Waals surface area contributed by atoms with Crippen molar-refractivity contribution in [2.24, 2.45) is 0 Å². The van der Waals surface area contributed by atoms with Gasteiger partial charge in [-0.15, -0.1) is 0 Å². The summed E-state index contributed by atoms with van der Waals surface area (Å²) >= 11 is 0. The van der Waals surface area contributed by atoms with Crippen LogP contribution in [0.15, 0.2) is 18.2 Å². The van der Waals surface area contributed by atoms with Crippen LogP contribution in [0, 0.1) is 13.8 Å². The second kappa shape index (κ2) is 5.89. The fourth-order valence-electron chi connectivity index (χ4n) is 1.71. The Kier molecular flexibility index (Phi) is 4.79. The molecule has 1 unspecified atom stereocenters. The van der Waals surface area contributed by atoms with E-state index in [0.717, 1.165) is 13.0 Å². The molecule has 0 spiro atoms. The van der Waals surface area contributed by atoms with Crippen molar-refractivity contribution in [3.8, 4) is 0 Å². The van der Waals surface area contributed by atoms with E-state index in [1.807, 2.05) is 0 Å². The van der Waals surface area contributed by atoms with Gasteiger partial charge in [0, 0.05) is 12.6 Å². The molecule has 2 heteroatoms. The Hall–Kier alpha value is -0.860. The molecule has 0 aliphatic carbocycles. The van der Waals surface area contributed by atoms with Gasteiger partial charge in [-0.05, 0) is 37.0 Å². The van der Waals surface area contributed by atoms with E-state index in [9.17, 15) is 0 Å². The summed E-state index contributed by atoms with van der Waals surface area (Å²) in [6, 6.07) is 6.55. The van der Waals surface area contributed by atoms with Gasteiger partial charge in [0.25, 0.3) is 0 Å². The summed E-state index contributed by atoms with van der Waals surface area (Å²) in [5.74, 6) is 0. The Bertz CT molecular complexity index is 285. The lowest BCUT2D eigenvalue weighted by molar-refractivity contribution is 0.238. The fourth-order valence-corrected chi connectivity index (χ4v) is 1.71. The van der Waals surface area contributed by atoms with Gasteiger partial charge in [-0.1, -0.05) is 25.1 Å². The highest BCUT2D eigenvalue weighted by atomic mass is 16.3. The van der Waals surface area contributed by atoms with Crippen molar-refractivity contribution in [2.45, 2.75) is 39.8 Å². The van der Waals surface area contributed by atoms with Gasteiger partial charge in [0.15, 0.2) is 0 Å². The Morgan fingerprint density at radius 3 is 2.33 bits per heavy atom. The summed E-state index contributed by atoms with van der Waals surface area (Å²) < 4.78 is 0. The SMILES string of the molecule is CCC(CO)NCc1c(C)cccc1C. The van der Waals surface area contributed by atoms with Crippen LogP contribution in [0.3, 0.4) is 0 Å². The van der Waals surface area contributed by atoms with Crippen molar-refractivity contribution in [1.82, 2.24) is 5.32 Å². The van der Waals surface area contributed by atoms with Gasteiger partial charge >= 0.3 is 0 Å². The molecule has 0 radical (unpaired) electrons. The molecule has 0 heterocycles. The summed E-state index contributed by atoms with van der Waals surface area (Å²) in [5.41, 5.74) is 3.98. The average molecular weight is 207 g/mol. The van der Waals surface area contributed by atoms with Crippen LogP contribution in [-0.4, -0.2) is 17.8 Å². The zero-order valence-electron chi connectivity index (χ0n) is 9.88. The average Bonchev–Trinajstić information content (AvgIpc) is 2.23. The number of aliphatic hydroxyl groups excluding tert-OH is 1. The van der Waals surface area contributed by atoms with Crippen LogP contribution in [0.5, 0.6) is 0 Å². The van der Waals surface area contributed by atoms with Crippen molar-refractivity contribution in [3.63, 3.8) is 0 Å². The van der Waals surface area contributed by atoms with Crippen LogP contribution in [0.25, 0.3) is 0 Å². The smallest absolute Gasteiger partial charge is 0.0584 e. The third-order valence-electron chi connectivity index (χ3n) is 2.93. The number of aryl methyl sites for hydroxylation is 2. The molecule has 1 atom stereocenters. The van der Waals surface area contributed by atoms with Crippen molar-refractivity contribution in [1.29, 1.82) is 0 Å². The molecule has 1 aromatic rings. The minimum absolute atomic E-state index is 0.210. The highest BCUT2D eigenvalue weighted by Crippen LogP contribution is 2.13. The lowest BCUT2D eigenvalue weighted by atomic mass is 10.0. The van der Waals surface area contributed by atoms with Gasteiger partial charge in [-0.3, -0.25) is 0 Å². The zero-order chi connectivity index (χ0) is 11.3. The molecule has 0 saturated carbocycles. The van der Waals surface area contributed by atoms with Crippen molar-refractivity contribution in [2.75, 3.05) is 6.61 Å².